The molecule has 2 unspecified atom stereocenters. The van der Waals surface area contributed by atoms with Gasteiger partial charge in [0.2, 0.25) is 5.91 Å². The smallest absolute Gasteiger partial charge is 0.234 e. The summed E-state index contributed by atoms with van der Waals surface area (Å²) in [5.41, 5.74) is 5.38. The van der Waals surface area contributed by atoms with E-state index < -0.39 is 0 Å². The van der Waals surface area contributed by atoms with Crippen molar-refractivity contribution in [3.8, 4) is 6.07 Å². The highest BCUT2D eigenvalue weighted by atomic mass is 16.5. The quantitative estimate of drug-likeness (QED) is 0.633. The number of piperidine rings is 1. The van der Waals surface area contributed by atoms with Crippen LogP contribution in [-0.2, 0) is 14.3 Å². The minimum atomic E-state index is -0.355. The van der Waals surface area contributed by atoms with Gasteiger partial charge in [-0.05, 0) is 12.8 Å². The number of carbonyl (C=O) groups excluding carboxylic acids is 1. The summed E-state index contributed by atoms with van der Waals surface area (Å²) in [6.07, 6.45) is 1.32. The van der Waals surface area contributed by atoms with Crippen molar-refractivity contribution in [3.63, 3.8) is 0 Å². The molecule has 6 nitrogen and oxygen atoms in total. The summed E-state index contributed by atoms with van der Waals surface area (Å²) in [5, 5.41) is 8.89. The first-order valence-electron chi connectivity index (χ1n) is 6.18. The van der Waals surface area contributed by atoms with Gasteiger partial charge in [-0.25, -0.2) is 0 Å². The second kappa shape index (κ2) is 8.03. The van der Waals surface area contributed by atoms with Crippen molar-refractivity contribution in [2.45, 2.75) is 18.9 Å². The van der Waals surface area contributed by atoms with E-state index >= 15 is 0 Å². The van der Waals surface area contributed by atoms with E-state index in [1.165, 1.54) is 0 Å². The van der Waals surface area contributed by atoms with E-state index in [9.17, 15) is 4.79 Å². The molecular formula is C12H21N3O3. The third kappa shape index (κ3) is 4.61. The van der Waals surface area contributed by atoms with Gasteiger partial charge in [0.05, 0.1) is 31.9 Å². The summed E-state index contributed by atoms with van der Waals surface area (Å²) < 4.78 is 10.2. The van der Waals surface area contributed by atoms with Crippen LogP contribution in [0.5, 0.6) is 0 Å². The Morgan fingerprint density at radius 2 is 2.28 bits per heavy atom. The molecule has 0 saturated carbocycles. The molecule has 0 spiro atoms. The number of carbonyl (C=O) groups is 1. The fourth-order valence-electron chi connectivity index (χ4n) is 2.12. The van der Waals surface area contributed by atoms with Gasteiger partial charge in [0, 0.05) is 26.1 Å². The average molecular weight is 255 g/mol. The molecule has 0 aromatic heterocycles. The Morgan fingerprint density at radius 1 is 1.50 bits per heavy atom. The number of hydrogen-bond acceptors (Lipinski definition) is 5. The van der Waals surface area contributed by atoms with Gasteiger partial charge in [-0.15, -0.1) is 0 Å². The van der Waals surface area contributed by atoms with E-state index in [1.54, 1.807) is 7.11 Å². The summed E-state index contributed by atoms with van der Waals surface area (Å²) >= 11 is 0. The third-order valence-corrected chi connectivity index (χ3v) is 3.18. The molecule has 1 amide bonds. The van der Waals surface area contributed by atoms with Crippen molar-refractivity contribution in [2.24, 2.45) is 11.7 Å². The Hall–Kier alpha value is -1.16. The lowest BCUT2D eigenvalue weighted by molar-refractivity contribution is -0.125. The fraction of sp³-hybridized carbons (Fsp3) is 0.833. The molecular weight excluding hydrogens is 234 g/mol. The normalized spacial score (nSPS) is 24.7. The lowest BCUT2D eigenvalue weighted by atomic mass is 9.91. The monoisotopic (exact) mass is 255 g/mol. The van der Waals surface area contributed by atoms with Crippen LogP contribution in [0.2, 0.25) is 0 Å². The summed E-state index contributed by atoms with van der Waals surface area (Å²) in [7, 11) is 1.62. The lowest BCUT2D eigenvalue weighted by Crippen LogP contribution is -2.50. The van der Waals surface area contributed by atoms with Crippen molar-refractivity contribution in [3.05, 3.63) is 0 Å². The number of hydrogen-bond donors (Lipinski definition) is 1. The van der Waals surface area contributed by atoms with E-state index in [1.807, 2.05) is 4.90 Å². The molecule has 1 fully saturated rings. The fourth-order valence-corrected chi connectivity index (χ4v) is 2.12. The zero-order valence-corrected chi connectivity index (χ0v) is 10.8. The number of likely N-dealkylation sites (tertiary alicyclic amines) is 1. The maximum atomic E-state index is 11.4. The van der Waals surface area contributed by atoms with Gasteiger partial charge in [-0.3, -0.25) is 9.69 Å². The van der Waals surface area contributed by atoms with Crippen molar-refractivity contribution in [2.75, 3.05) is 40.0 Å². The number of nitriles is 1. The van der Waals surface area contributed by atoms with Gasteiger partial charge in [-0.2, -0.15) is 5.26 Å². The molecule has 0 aromatic rings. The zero-order chi connectivity index (χ0) is 13.4. The summed E-state index contributed by atoms with van der Waals surface area (Å²) in [6.45, 7) is 3.04. The Labute approximate surface area is 108 Å². The van der Waals surface area contributed by atoms with E-state index in [-0.39, 0.29) is 17.9 Å². The molecule has 1 aliphatic heterocycles. The molecule has 1 aliphatic rings. The summed E-state index contributed by atoms with van der Waals surface area (Å²) in [5.74, 6) is -0.417. The molecule has 2 N–H and O–H groups in total. The molecule has 6 heteroatoms. The van der Waals surface area contributed by atoms with Gasteiger partial charge < -0.3 is 15.2 Å². The summed E-state index contributed by atoms with van der Waals surface area (Å²) in [4.78, 5) is 13.4. The van der Waals surface area contributed by atoms with Crippen molar-refractivity contribution in [1.29, 1.82) is 5.26 Å². The number of rotatable bonds is 7. The number of nitrogens with zero attached hydrogens (tertiary/aromatic N) is 2. The lowest BCUT2D eigenvalue weighted by Gasteiger charge is -2.35. The van der Waals surface area contributed by atoms with Crippen LogP contribution in [0.3, 0.4) is 0 Å². The summed E-state index contributed by atoms with van der Waals surface area (Å²) in [6, 6.07) is 1.87. The standard InChI is InChI=1S/C12H21N3O3/c1-17-6-7-18-5-4-15-3-2-10(9-13)8-11(15)12(14)16/h10-11H,2-8H2,1H3,(H2,14,16). The minimum Gasteiger partial charge on any atom is -0.382 e. The Balaban J connectivity index is 2.34. The van der Waals surface area contributed by atoms with Crippen molar-refractivity contribution in [1.82, 2.24) is 4.90 Å². The Morgan fingerprint density at radius 3 is 2.89 bits per heavy atom. The van der Waals surface area contributed by atoms with Crippen LogP contribution in [0, 0.1) is 17.2 Å². The molecule has 18 heavy (non-hydrogen) atoms. The Bertz CT molecular complexity index is 303. The van der Waals surface area contributed by atoms with E-state index in [2.05, 4.69) is 6.07 Å². The highest BCUT2D eigenvalue weighted by molar-refractivity contribution is 5.80. The molecule has 102 valence electrons. The molecule has 0 aromatic carbocycles. The van der Waals surface area contributed by atoms with Crippen LogP contribution in [-0.4, -0.2) is 56.9 Å². The average Bonchev–Trinajstić information content (AvgIpc) is 2.38. The van der Waals surface area contributed by atoms with E-state index in [0.717, 1.165) is 13.0 Å². The maximum Gasteiger partial charge on any atom is 0.234 e. The molecule has 1 heterocycles. The predicted molar refractivity (Wildman–Crippen MR) is 65.6 cm³/mol. The van der Waals surface area contributed by atoms with E-state index in [4.69, 9.17) is 20.5 Å². The highest BCUT2D eigenvalue weighted by Gasteiger charge is 2.31. The van der Waals surface area contributed by atoms with Crippen LogP contribution in [0.4, 0.5) is 0 Å². The molecule has 1 rings (SSSR count). The largest absolute Gasteiger partial charge is 0.382 e. The molecule has 2 atom stereocenters. The molecule has 0 bridgehead atoms. The first-order valence-corrected chi connectivity index (χ1v) is 6.18. The molecule has 0 radical (unpaired) electrons. The van der Waals surface area contributed by atoms with Crippen molar-refractivity contribution >= 4 is 5.91 Å². The Kier molecular flexibility index (Phi) is 6.65. The topological polar surface area (TPSA) is 88.6 Å². The molecule has 0 aliphatic carbocycles. The van der Waals surface area contributed by atoms with Crippen molar-refractivity contribution < 1.29 is 14.3 Å². The number of ether oxygens (including phenoxy) is 2. The predicted octanol–water partition coefficient (Wildman–Crippen LogP) is -0.261. The van der Waals surface area contributed by atoms with Gasteiger partial charge in [0.25, 0.3) is 0 Å². The molecule has 1 saturated heterocycles. The van der Waals surface area contributed by atoms with Gasteiger partial charge in [0.1, 0.15) is 0 Å². The highest BCUT2D eigenvalue weighted by Crippen LogP contribution is 2.21. The number of methoxy groups -OCH3 is 1. The third-order valence-electron chi connectivity index (χ3n) is 3.18. The van der Waals surface area contributed by atoms with Crippen LogP contribution >= 0.6 is 0 Å². The first-order chi connectivity index (χ1) is 8.69. The maximum absolute atomic E-state index is 11.4. The first kappa shape index (κ1) is 14.9. The second-order valence-corrected chi connectivity index (χ2v) is 4.41. The SMILES string of the molecule is COCCOCCN1CCC(C#N)CC1C(N)=O. The van der Waals surface area contributed by atoms with Gasteiger partial charge in [0.15, 0.2) is 0 Å². The van der Waals surface area contributed by atoms with E-state index in [0.29, 0.717) is 32.8 Å². The number of nitrogens with two attached hydrogens (primary N) is 1. The zero-order valence-electron chi connectivity index (χ0n) is 10.8. The van der Waals surface area contributed by atoms with Crippen LogP contribution in [0.15, 0.2) is 0 Å². The number of primary amides is 1. The number of amides is 1. The van der Waals surface area contributed by atoms with Crippen LogP contribution in [0.25, 0.3) is 0 Å². The van der Waals surface area contributed by atoms with Gasteiger partial charge >= 0.3 is 0 Å². The van der Waals surface area contributed by atoms with Crippen LogP contribution < -0.4 is 5.73 Å². The second-order valence-electron chi connectivity index (χ2n) is 4.41. The minimum absolute atomic E-state index is 0.0619. The van der Waals surface area contributed by atoms with Crippen LogP contribution in [0.1, 0.15) is 12.8 Å². The van der Waals surface area contributed by atoms with Gasteiger partial charge in [-0.1, -0.05) is 0 Å².